The minimum absolute atomic E-state index is 0.760. The highest BCUT2D eigenvalue weighted by atomic mass is 32.1. The second-order valence-electron chi connectivity index (χ2n) is 6.95. The second-order valence-corrected chi connectivity index (χ2v) is 7.34. The molecule has 1 N–H and O–H groups in total. The van der Waals surface area contributed by atoms with E-state index >= 15 is 0 Å². The first-order valence-electron chi connectivity index (χ1n) is 10.1. The Kier molecular flexibility index (Phi) is 12.6. The van der Waals surface area contributed by atoms with Crippen LogP contribution in [0.15, 0.2) is 36.9 Å². The number of nitrogens with zero attached hydrogens (tertiary/aromatic N) is 2. The Morgan fingerprint density at radius 2 is 1.81 bits per heavy atom. The van der Waals surface area contributed by atoms with Crippen LogP contribution in [0.1, 0.15) is 45.4 Å². The van der Waals surface area contributed by atoms with Crippen LogP contribution >= 0.6 is 12.2 Å². The zero-order valence-electron chi connectivity index (χ0n) is 17.4. The molecule has 0 unspecified atom stereocenters. The summed E-state index contributed by atoms with van der Waals surface area (Å²) in [5.74, 6) is 0.919. The summed E-state index contributed by atoms with van der Waals surface area (Å²) in [6, 6.07) is 8.15. The first-order valence-corrected chi connectivity index (χ1v) is 10.5. The summed E-state index contributed by atoms with van der Waals surface area (Å²) in [6.07, 6.45) is 9.03. The van der Waals surface area contributed by atoms with Gasteiger partial charge in [0.15, 0.2) is 5.11 Å². The van der Waals surface area contributed by atoms with Crippen molar-refractivity contribution >= 4 is 23.0 Å². The largest absolute Gasteiger partial charge is 0.494 e. The molecule has 1 rings (SSSR count). The van der Waals surface area contributed by atoms with Gasteiger partial charge in [-0.3, -0.25) is 0 Å². The van der Waals surface area contributed by atoms with E-state index in [1.165, 1.54) is 19.3 Å². The van der Waals surface area contributed by atoms with Gasteiger partial charge in [-0.2, -0.15) is 0 Å². The van der Waals surface area contributed by atoms with E-state index in [0.29, 0.717) is 0 Å². The smallest absolute Gasteiger partial charge is 0.173 e. The third-order valence-electron chi connectivity index (χ3n) is 4.48. The van der Waals surface area contributed by atoms with Crippen LogP contribution in [0.25, 0.3) is 0 Å². The lowest BCUT2D eigenvalue weighted by atomic mass is 10.2. The lowest BCUT2D eigenvalue weighted by Gasteiger charge is -2.21. The number of hydrogen-bond acceptors (Lipinski definition) is 3. The van der Waals surface area contributed by atoms with Gasteiger partial charge in [0.1, 0.15) is 5.75 Å². The van der Waals surface area contributed by atoms with Crippen LogP contribution in [0.3, 0.4) is 0 Å². The Bertz CT molecular complexity index is 533. The molecule has 0 heterocycles. The number of thiocarbonyl (C=S) groups is 1. The molecule has 0 amide bonds. The Balaban J connectivity index is 2.20. The molecule has 0 saturated carbocycles. The van der Waals surface area contributed by atoms with Crippen molar-refractivity contribution in [1.82, 2.24) is 10.2 Å². The fourth-order valence-corrected chi connectivity index (χ4v) is 2.92. The molecule has 152 valence electrons. The summed E-state index contributed by atoms with van der Waals surface area (Å²) in [4.78, 5) is 4.30. The molecule has 0 aromatic heterocycles. The molecular formula is C22H37N3OS. The summed E-state index contributed by atoms with van der Waals surface area (Å²) >= 11 is 5.43. The monoisotopic (exact) mass is 391 g/mol. The Morgan fingerprint density at radius 3 is 2.48 bits per heavy atom. The molecule has 0 atom stereocenters. The summed E-state index contributed by atoms with van der Waals surface area (Å²) in [5, 5.41) is 4.05. The number of benzene rings is 1. The highest BCUT2D eigenvalue weighted by Gasteiger charge is 2.06. The van der Waals surface area contributed by atoms with Crippen molar-refractivity contribution in [1.29, 1.82) is 0 Å². The van der Waals surface area contributed by atoms with Crippen molar-refractivity contribution in [3.8, 4) is 5.75 Å². The van der Waals surface area contributed by atoms with Gasteiger partial charge in [0, 0.05) is 25.8 Å². The lowest BCUT2D eigenvalue weighted by molar-refractivity contribution is 0.300. The van der Waals surface area contributed by atoms with Gasteiger partial charge >= 0.3 is 0 Å². The van der Waals surface area contributed by atoms with Gasteiger partial charge in [-0.05, 0) is 69.3 Å². The molecule has 0 saturated heterocycles. The van der Waals surface area contributed by atoms with Gasteiger partial charge in [0.25, 0.3) is 0 Å². The molecule has 4 nitrogen and oxygen atoms in total. The van der Waals surface area contributed by atoms with E-state index in [4.69, 9.17) is 17.0 Å². The van der Waals surface area contributed by atoms with E-state index < -0.39 is 0 Å². The van der Waals surface area contributed by atoms with Crippen molar-refractivity contribution < 1.29 is 4.74 Å². The average Bonchev–Trinajstić information content (AvgIpc) is 2.67. The van der Waals surface area contributed by atoms with Crippen LogP contribution in [-0.2, 0) is 0 Å². The highest BCUT2D eigenvalue weighted by molar-refractivity contribution is 7.80. The van der Waals surface area contributed by atoms with Gasteiger partial charge in [-0.1, -0.05) is 32.3 Å². The first kappa shape index (κ1) is 23.4. The molecule has 1 aromatic carbocycles. The van der Waals surface area contributed by atoms with Gasteiger partial charge < -0.3 is 19.9 Å². The van der Waals surface area contributed by atoms with Crippen LogP contribution in [-0.4, -0.2) is 50.3 Å². The van der Waals surface area contributed by atoms with Crippen molar-refractivity contribution in [2.45, 2.75) is 45.4 Å². The van der Waals surface area contributed by atoms with E-state index in [-0.39, 0.29) is 0 Å². The minimum Gasteiger partial charge on any atom is -0.494 e. The molecule has 0 spiro atoms. The van der Waals surface area contributed by atoms with E-state index in [1.807, 2.05) is 30.2 Å². The SMILES string of the molecule is C=CCN(C)CCCCCCOc1ccc(N(C)C(=S)NCCCC)cc1. The van der Waals surface area contributed by atoms with Gasteiger partial charge in [0.05, 0.1) is 6.61 Å². The van der Waals surface area contributed by atoms with E-state index in [9.17, 15) is 0 Å². The van der Waals surface area contributed by atoms with Crippen molar-refractivity contribution in [3.05, 3.63) is 36.9 Å². The van der Waals surface area contributed by atoms with Crippen LogP contribution < -0.4 is 15.0 Å². The van der Waals surface area contributed by atoms with Crippen LogP contribution in [0.2, 0.25) is 0 Å². The zero-order chi connectivity index (χ0) is 19.9. The lowest BCUT2D eigenvalue weighted by Crippen LogP contribution is -2.37. The average molecular weight is 392 g/mol. The Hall–Kier alpha value is -1.59. The molecule has 1 aromatic rings. The molecule has 0 bridgehead atoms. The highest BCUT2D eigenvalue weighted by Crippen LogP contribution is 2.19. The predicted molar refractivity (Wildman–Crippen MR) is 122 cm³/mol. The van der Waals surface area contributed by atoms with E-state index in [1.54, 1.807) is 0 Å². The van der Waals surface area contributed by atoms with Crippen LogP contribution in [0, 0.1) is 0 Å². The summed E-state index contributed by atoms with van der Waals surface area (Å²) in [5.41, 5.74) is 1.07. The maximum atomic E-state index is 5.86. The Morgan fingerprint density at radius 1 is 1.11 bits per heavy atom. The fraction of sp³-hybridized carbons (Fsp3) is 0.591. The number of rotatable bonds is 14. The fourth-order valence-electron chi connectivity index (χ4n) is 2.71. The molecule has 0 fully saturated rings. The maximum absolute atomic E-state index is 5.86. The zero-order valence-corrected chi connectivity index (χ0v) is 18.2. The van der Waals surface area contributed by atoms with Gasteiger partial charge in [-0.25, -0.2) is 0 Å². The van der Waals surface area contributed by atoms with Crippen molar-refractivity contribution in [3.63, 3.8) is 0 Å². The normalized spacial score (nSPS) is 10.7. The molecule has 0 aliphatic heterocycles. The summed E-state index contributed by atoms with van der Waals surface area (Å²) in [6.45, 7) is 9.74. The molecule has 0 aliphatic carbocycles. The van der Waals surface area contributed by atoms with Gasteiger partial charge in [-0.15, -0.1) is 6.58 Å². The number of hydrogen-bond donors (Lipinski definition) is 1. The first-order chi connectivity index (χ1) is 13.1. The number of likely N-dealkylation sites (N-methyl/N-ethyl adjacent to an activating group) is 1. The number of nitrogens with one attached hydrogen (secondary N) is 1. The minimum atomic E-state index is 0.760. The Labute approximate surface area is 171 Å². The molecule has 27 heavy (non-hydrogen) atoms. The molecule has 0 radical (unpaired) electrons. The van der Waals surface area contributed by atoms with E-state index in [0.717, 1.165) is 62.1 Å². The molecule has 5 heteroatoms. The number of unbranched alkanes of at least 4 members (excludes halogenated alkanes) is 4. The number of anilines is 1. The molecular weight excluding hydrogens is 354 g/mol. The second kappa shape index (κ2) is 14.5. The van der Waals surface area contributed by atoms with Crippen molar-refractivity contribution in [2.75, 3.05) is 45.2 Å². The maximum Gasteiger partial charge on any atom is 0.173 e. The van der Waals surface area contributed by atoms with Gasteiger partial charge in [0.2, 0.25) is 0 Å². The van der Waals surface area contributed by atoms with Crippen molar-refractivity contribution in [2.24, 2.45) is 0 Å². The summed E-state index contributed by atoms with van der Waals surface area (Å²) in [7, 11) is 4.13. The topological polar surface area (TPSA) is 27.7 Å². The van der Waals surface area contributed by atoms with E-state index in [2.05, 4.69) is 42.9 Å². The third-order valence-corrected chi connectivity index (χ3v) is 4.90. The predicted octanol–water partition coefficient (Wildman–Crippen LogP) is 4.85. The third kappa shape index (κ3) is 10.4. The number of ether oxygens (including phenoxy) is 1. The van der Waals surface area contributed by atoms with Crippen LogP contribution in [0.4, 0.5) is 5.69 Å². The standard InChI is InChI=1S/C22H37N3OS/c1-5-7-16-23-22(27)25(4)20-12-14-21(15-13-20)26-19-11-9-8-10-18-24(3)17-6-2/h6,12-15H,2,5,7-11,16-19H2,1,3-4H3,(H,23,27). The van der Waals surface area contributed by atoms with Crippen LogP contribution in [0.5, 0.6) is 5.75 Å². The summed E-state index contributed by atoms with van der Waals surface area (Å²) < 4.78 is 5.86. The quantitative estimate of drug-likeness (QED) is 0.278. The molecule has 0 aliphatic rings.